The molecule has 0 radical (unpaired) electrons. The van der Waals surface area contributed by atoms with Crippen molar-refractivity contribution in [2.24, 2.45) is 0 Å². The number of rotatable bonds is 4. The first-order chi connectivity index (χ1) is 12.9. The number of pyridine rings is 1. The summed E-state index contributed by atoms with van der Waals surface area (Å²) in [4.78, 5) is 43.1. The molecule has 27 heavy (non-hydrogen) atoms. The first kappa shape index (κ1) is 18.6. The Morgan fingerprint density at radius 2 is 1.52 bits per heavy atom. The van der Waals surface area contributed by atoms with E-state index in [9.17, 15) is 14.4 Å². The van der Waals surface area contributed by atoms with Crippen molar-refractivity contribution in [3.05, 3.63) is 53.9 Å². The van der Waals surface area contributed by atoms with Crippen LogP contribution in [-0.4, -0.2) is 58.6 Å². The van der Waals surface area contributed by atoms with Gasteiger partial charge in [0.05, 0.1) is 0 Å². The molecule has 1 aliphatic heterocycles. The topological polar surface area (TPSA) is 82.6 Å². The highest BCUT2D eigenvalue weighted by Crippen LogP contribution is 2.18. The number of carbonyl (C=O) groups excluding carboxylic acids is 3. The van der Waals surface area contributed by atoms with E-state index >= 15 is 0 Å². The molecule has 1 saturated heterocycles. The van der Waals surface area contributed by atoms with Crippen LogP contribution in [0, 0.1) is 0 Å². The van der Waals surface area contributed by atoms with Gasteiger partial charge in [-0.2, -0.15) is 0 Å². The fourth-order valence-corrected chi connectivity index (χ4v) is 2.97. The van der Waals surface area contributed by atoms with E-state index in [-0.39, 0.29) is 17.6 Å². The lowest BCUT2D eigenvalue weighted by Gasteiger charge is -2.34. The lowest BCUT2D eigenvalue weighted by molar-refractivity contribution is -0.130. The normalized spacial score (nSPS) is 14.0. The number of benzene rings is 1. The van der Waals surface area contributed by atoms with Crippen LogP contribution in [0.15, 0.2) is 42.6 Å². The number of aromatic nitrogens is 1. The van der Waals surface area contributed by atoms with E-state index in [1.54, 1.807) is 40.3 Å². The SMILES string of the molecule is CC(=O)c1ccc(Nc2ccnc(C(=O)N3CCN(C(C)=O)CC3)c2)cc1. The molecule has 2 amide bonds. The second kappa shape index (κ2) is 7.99. The Hall–Kier alpha value is -3.22. The first-order valence-corrected chi connectivity index (χ1v) is 8.83. The Morgan fingerprint density at radius 3 is 2.11 bits per heavy atom. The number of hydrogen-bond acceptors (Lipinski definition) is 5. The molecule has 140 valence electrons. The van der Waals surface area contributed by atoms with Crippen LogP contribution in [0.5, 0.6) is 0 Å². The Balaban J connectivity index is 1.67. The molecule has 1 aromatic carbocycles. The van der Waals surface area contributed by atoms with Crippen LogP contribution in [0.3, 0.4) is 0 Å². The Morgan fingerprint density at radius 1 is 0.889 bits per heavy atom. The highest BCUT2D eigenvalue weighted by molar-refractivity contribution is 5.95. The number of ketones is 1. The number of piperazine rings is 1. The van der Waals surface area contributed by atoms with E-state index in [1.165, 1.54) is 13.8 Å². The van der Waals surface area contributed by atoms with Crippen molar-refractivity contribution in [1.29, 1.82) is 0 Å². The highest BCUT2D eigenvalue weighted by atomic mass is 16.2. The summed E-state index contributed by atoms with van der Waals surface area (Å²) < 4.78 is 0. The molecule has 3 rings (SSSR count). The van der Waals surface area contributed by atoms with Gasteiger partial charge in [-0.1, -0.05) is 0 Å². The van der Waals surface area contributed by atoms with Gasteiger partial charge in [0.1, 0.15) is 5.69 Å². The molecule has 7 heteroatoms. The number of nitrogens with zero attached hydrogens (tertiary/aromatic N) is 3. The Labute approximate surface area is 158 Å². The summed E-state index contributed by atoms with van der Waals surface area (Å²) in [6, 6.07) is 10.6. The van der Waals surface area contributed by atoms with Gasteiger partial charge < -0.3 is 15.1 Å². The van der Waals surface area contributed by atoms with Crippen LogP contribution >= 0.6 is 0 Å². The summed E-state index contributed by atoms with van der Waals surface area (Å²) in [5, 5.41) is 3.22. The smallest absolute Gasteiger partial charge is 0.272 e. The number of amides is 2. The molecule has 2 aromatic rings. The maximum Gasteiger partial charge on any atom is 0.272 e. The maximum absolute atomic E-state index is 12.7. The molecule has 0 aliphatic carbocycles. The van der Waals surface area contributed by atoms with Crippen molar-refractivity contribution in [3.63, 3.8) is 0 Å². The minimum Gasteiger partial charge on any atom is -0.355 e. The molecule has 2 heterocycles. The third-order valence-electron chi connectivity index (χ3n) is 4.57. The molecule has 1 N–H and O–H groups in total. The predicted molar refractivity (Wildman–Crippen MR) is 102 cm³/mol. The zero-order valence-corrected chi connectivity index (χ0v) is 15.4. The quantitative estimate of drug-likeness (QED) is 0.840. The largest absolute Gasteiger partial charge is 0.355 e. The van der Waals surface area contributed by atoms with E-state index < -0.39 is 0 Å². The van der Waals surface area contributed by atoms with Gasteiger partial charge in [0.15, 0.2) is 5.78 Å². The fraction of sp³-hybridized carbons (Fsp3) is 0.300. The fourth-order valence-electron chi connectivity index (χ4n) is 2.97. The Kier molecular flexibility index (Phi) is 5.49. The summed E-state index contributed by atoms with van der Waals surface area (Å²) in [6.45, 7) is 5.16. The van der Waals surface area contributed by atoms with Gasteiger partial charge in [-0.15, -0.1) is 0 Å². The van der Waals surface area contributed by atoms with Crippen molar-refractivity contribution >= 4 is 29.0 Å². The van der Waals surface area contributed by atoms with E-state index in [0.29, 0.717) is 37.4 Å². The first-order valence-electron chi connectivity index (χ1n) is 8.83. The van der Waals surface area contributed by atoms with Crippen LogP contribution in [0.2, 0.25) is 0 Å². The molecule has 7 nitrogen and oxygen atoms in total. The molecule has 1 aromatic heterocycles. The third kappa shape index (κ3) is 4.49. The molecule has 1 aliphatic rings. The second-order valence-electron chi connectivity index (χ2n) is 6.49. The van der Waals surface area contributed by atoms with Crippen LogP contribution < -0.4 is 5.32 Å². The van der Waals surface area contributed by atoms with Crippen molar-refractivity contribution in [2.75, 3.05) is 31.5 Å². The molecular formula is C20H22N4O3. The van der Waals surface area contributed by atoms with Crippen LogP contribution in [0.4, 0.5) is 11.4 Å². The average molecular weight is 366 g/mol. The summed E-state index contributed by atoms with van der Waals surface area (Å²) in [6.07, 6.45) is 1.59. The third-order valence-corrected chi connectivity index (χ3v) is 4.57. The molecule has 1 fully saturated rings. The molecule has 0 atom stereocenters. The monoisotopic (exact) mass is 366 g/mol. The number of carbonyl (C=O) groups is 3. The summed E-state index contributed by atoms with van der Waals surface area (Å²) in [5.41, 5.74) is 2.57. The van der Waals surface area contributed by atoms with Crippen molar-refractivity contribution in [3.8, 4) is 0 Å². The zero-order valence-electron chi connectivity index (χ0n) is 15.4. The summed E-state index contributed by atoms with van der Waals surface area (Å²) in [7, 11) is 0. The number of hydrogen-bond donors (Lipinski definition) is 1. The van der Waals surface area contributed by atoms with Gasteiger partial charge >= 0.3 is 0 Å². The number of anilines is 2. The van der Waals surface area contributed by atoms with Gasteiger partial charge in [0.2, 0.25) is 5.91 Å². The standard InChI is InChI=1S/C20H22N4O3/c1-14(25)16-3-5-17(6-4-16)22-18-7-8-21-19(13-18)20(27)24-11-9-23(10-12-24)15(2)26/h3-8,13H,9-12H2,1-2H3,(H,21,22). The van der Waals surface area contributed by atoms with E-state index in [0.717, 1.165) is 11.4 Å². The van der Waals surface area contributed by atoms with Gasteiger partial charge in [0.25, 0.3) is 5.91 Å². The molecule has 0 bridgehead atoms. The van der Waals surface area contributed by atoms with Crippen molar-refractivity contribution in [2.45, 2.75) is 13.8 Å². The van der Waals surface area contributed by atoms with Crippen LogP contribution in [-0.2, 0) is 4.79 Å². The van der Waals surface area contributed by atoms with Crippen molar-refractivity contribution in [1.82, 2.24) is 14.8 Å². The maximum atomic E-state index is 12.7. The zero-order chi connectivity index (χ0) is 19.4. The van der Waals surface area contributed by atoms with Crippen molar-refractivity contribution < 1.29 is 14.4 Å². The number of nitrogens with one attached hydrogen (secondary N) is 1. The van der Waals surface area contributed by atoms with Gasteiger partial charge in [0, 0.05) is 56.2 Å². The minimum atomic E-state index is -0.145. The summed E-state index contributed by atoms with van der Waals surface area (Å²) >= 11 is 0. The second-order valence-corrected chi connectivity index (χ2v) is 6.49. The average Bonchev–Trinajstić information content (AvgIpc) is 2.68. The molecule has 0 unspecified atom stereocenters. The highest BCUT2D eigenvalue weighted by Gasteiger charge is 2.24. The number of Topliss-reactive ketones (excluding diaryl/α,β-unsaturated/α-hetero) is 1. The predicted octanol–water partition coefficient (Wildman–Crippen LogP) is 2.33. The van der Waals surface area contributed by atoms with Crippen LogP contribution in [0.1, 0.15) is 34.7 Å². The lowest BCUT2D eigenvalue weighted by Crippen LogP contribution is -2.50. The Bertz CT molecular complexity index is 856. The van der Waals surface area contributed by atoms with Crippen LogP contribution in [0.25, 0.3) is 0 Å². The van der Waals surface area contributed by atoms with Gasteiger partial charge in [-0.25, -0.2) is 0 Å². The molecular weight excluding hydrogens is 344 g/mol. The molecule has 0 spiro atoms. The van der Waals surface area contributed by atoms with Gasteiger partial charge in [-0.3, -0.25) is 19.4 Å². The lowest BCUT2D eigenvalue weighted by atomic mass is 10.1. The van der Waals surface area contributed by atoms with E-state index in [4.69, 9.17) is 0 Å². The van der Waals surface area contributed by atoms with Gasteiger partial charge in [-0.05, 0) is 43.3 Å². The minimum absolute atomic E-state index is 0.0169. The summed E-state index contributed by atoms with van der Waals surface area (Å²) in [5.74, 6) is -0.0980. The van der Waals surface area contributed by atoms with E-state index in [1.807, 2.05) is 12.1 Å². The molecule has 0 saturated carbocycles. The van der Waals surface area contributed by atoms with E-state index in [2.05, 4.69) is 10.3 Å².